The second-order valence-electron chi connectivity index (χ2n) is 16.5. The van der Waals surface area contributed by atoms with Crippen LogP contribution in [0.4, 0.5) is 0 Å². The zero-order valence-electron chi connectivity index (χ0n) is 28.5. The number of carbonyl (C=O) groups excluding carboxylic acids is 2. The summed E-state index contributed by atoms with van der Waals surface area (Å²) in [6.07, 6.45) is -6.89. The summed E-state index contributed by atoms with van der Waals surface area (Å²) in [6.45, 7) is 11.7. The third kappa shape index (κ3) is 5.47. The number of rotatable bonds is 8. The van der Waals surface area contributed by atoms with Gasteiger partial charge in [0, 0.05) is 30.1 Å². The average molecular weight is 667 g/mol. The van der Waals surface area contributed by atoms with Crippen molar-refractivity contribution in [3.63, 3.8) is 0 Å². The number of ether oxygens (including phenoxy) is 2. The fraction of sp³-hybridized carbons (Fsp3) is 0.829. The Bertz CT molecular complexity index is 1330. The molecule has 14 atom stereocenters. The lowest BCUT2D eigenvalue weighted by molar-refractivity contribution is -0.291. The summed E-state index contributed by atoms with van der Waals surface area (Å²) in [7, 11) is 0. The highest BCUT2D eigenvalue weighted by atomic mass is 16.7. The third-order valence-corrected chi connectivity index (χ3v) is 13.1. The van der Waals surface area contributed by atoms with Crippen molar-refractivity contribution in [1.29, 1.82) is 0 Å². The van der Waals surface area contributed by atoms with E-state index >= 15 is 0 Å². The Hall–Kier alpha value is -1.74. The molecule has 1 saturated heterocycles. The van der Waals surface area contributed by atoms with Gasteiger partial charge in [-0.05, 0) is 81.3 Å². The van der Waals surface area contributed by atoms with Gasteiger partial charge in [-0.15, -0.1) is 0 Å². The predicted molar refractivity (Wildman–Crippen MR) is 167 cm³/mol. The van der Waals surface area contributed by atoms with Crippen LogP contribution in [0.5, 0.6) is 0 Å². The van der Waals surface area contributed by atoms with Crippen LogP contribution in [0.3, 0.4) is 0 Å². The van der Waals surface area contributed by atoms with Gasteiger partial charge in [0.2, 0.25) is 6.29 Å². The van der Waals surface area contributed by atoms with Crippen molar-refractivity contribution in [3.8, 4) is 0 Å². The van der Waals surface area contributed by atoms with Crippen molar-refractivity contribution >= 4 is 11.6 Å². The Morgan fingerprint density at radius 1 is 1.02 bits per heavy atom. The van der Waals surface area contributed by atoms with Crippen molar-refractivity contribution in [1.82, 2.24) is 0 Å². The van der Waals surface area contributed by atoms with Crippen LogP contribution in [0.1, 0.15) is 87.0 Å². The summed E-state index contributed by atoms with van der Waals surface area (Å²) >= 11 is 0. The summed E-state index contributed by atoms with van der Waals surface area (Å²) in [6, 6.07) is 0. The highest BCUT2D eigenvalue weighted by Gasteiger charge is 2.74. The van der Waals surface area contributed by atoms with E-state index in [1.165, 1.54) is 6.92 Å². The van der Waals surface area contributed by atoms with Crippen molar-refractivity contribution in [2.24, 2.45) is 34.0 Å². The van der Waals surface area contributed by atoms with Crippen LogP contribution in [0.25, 0.3) is 0 Å². The molecular formula is C35H54O12. The lowest BCUT2D eigenvalue weighted by atomic mass is 9.39. The highest BCUT2D eigenvalue weighted by Crippen LogP contribution is 2.73. The molecule has 2 saturated carbocycles. The van der Waals surface area contributed by atoms with Crippen molar-refractivity contribution in [2.45, 2.75) is 141 Å². The molecule has 0 spiro atoms. The largest absolute Gasteiger partial charge is 0.458 e. The van der Waals surface area contributed by atoms with Crippen LogP contribution < -0.4 is 0 Å². The van der Waals surface area contributed by atoms with E-state index in [4.69, 9.17) is 9.47 Å². The molecule has 4 aliphatic carbocycles. The molecule has 1 aliphatic heterocycles. The number of allylic oxidation sites excluding steroid dienone is 4. The van der Waals surface area contributed by atoms with Gasteiger partial charge < -0.3 is 50.3 Å². The Morgan fingerprint density at radius 3 is 2.26 bits per heavy atom. The molecule has 47 heavy (non-hydrogen) atoms. The standard InChI is InChI=1S/C35H54O12/c1-16-17-8-9-22-32(4)13-20(38)29(35(7,45)23(39)10-11-31(2,3)44)33(32,5)14-24(40)34(22,6)18(17)12-19(37)28(16)47-30-27(43)26(42)25(41)21(15-36)46-30/h8,18,20-23,25-27,29-30,36,38-39,41-45H,9-15H2,1-7H3/t18-,20-,21-,22+,23-,25-,26+,27-,29+,30+,32+,33-,34+,35+/m1/s1. The molecule has 12 nitrogen and oxygen atoms in total. The third-order valence-electron chi connectivity index (χ3n) is 13.1. The van der Waals surface area contributed by atoms with Gasteiger partial charge in [-0.25, -0.2) is 0 Å². The van der Waals surface area contributed by atoms with Gasteiger partial charge in [-0.2, -0.15) is 0 Å². The molecule has 5 rings (SSSR count). The first-order valence-corrected chi connectivity index (χ1v) is 16.8. The lowest BCUT2D eigenvalue weighted by Gasteiger charge is -2.63. The molecule has 3 fully saturated rings. The number of ketones is 2. The minimum Gasteiger partial charge on any atom is -0.458 e. The fourth-order valence-electron chi connectivity index (χ4n) is 10.3. The molecule has 1 heterocycles. The number of fused-ring (bicyclic) bond motifs is 5. The number of aliphatic hydroxyl groups excluding tert-OH is 6. The monoisotopic (exact) mass is 666 g/mol. The molecule has 0 aromatic rings. The number of hydrogen-bond acceptors (Lipinski definition) is 12. The topological polar surface area (TPSA) is 214 Å². The van der Waals surface area contributed by atoms with Crippen LogP contribution in [0.15, 0.2) is 23.0 Å². The van der Waals surface area contributed by atoms with Crippen molar-refractivity contribution in [2.75, 3.05) is 6.61 Å². The fourth-order valence-corrected chi connectivity index (χ4v) is 10.3. The van der Waals surface area contributed by atoms with Gasteiger partial charge in [0.15, 0.2) is 11.5 Å². The summed E-state index contributed by atoms with van der Waals surface area (Å²) in [5.74, 6) is -2.21. The molecule has 0 aromatic heterocycles. The molecular weight excluding hydrogens is 612 g/mol. The predicted octanol–water partition coefficient (Wildman–Crippen LogP) is 0.648. The molecule has 8 N–H and O–H groups in total. The second kappa shape index (κ2) is 11.9. The minimum atomic E-state index is -1.75. The summed E-state index contributed by atoms with van der Waals surface area (Å²) < 4.78 is 11.3. The maximum atomic E-state index is 14.5. The molecule has 0 unspecified atom stereocenters. The van der Waals surface area contributed by atoms with Gasteiger partial charge in [0.05, 0.1) is 30.0 Å². The van der Waals surface area contributed by atoms with Crippen LogP contribution in [-0.2, 0) is 19.1 Å². The van der Waals surface area contributed by atoms with E-state index in [9.17, 15) is 50.4 Å². The summed E-state index contributed by atoms with van der Waals surface area (Å²) in [5.41, 5.74) is -4.12. The van der Waals surface area contributed by atoms with E-state index in [1.807, 2.05) is 26.8 Å². The molecule has 5 aliphatic rings. The van der Waals surface area contributed by atoms with E-state index in [1.54, 1.807) is 20.8 Å². The first-order valence-electron chi connectivity index (χ1n) is 16.8. The lowest BCUT2D eigenvalue weighted by Crippen LogP contribution is -2.64. The minimum absolute atomic E-state index is 0.0293. The molecule has 0 aromatic carbocycles. The van der Waals surface area contributed by atoms with Gasteiger partial charge in [-0.3, -0.25) is 9.59 Å². The molecule has 0 bridgehead atoms. The average Bonchev–Trinajstić information content (AvgIpc) is 3.18. The number of Topliss-reactive ketones (excluding diaryl/α,β-unsaturated/α-hetero) is 2. The molecule has 12 heteroatoms. The van der Waals surface area contributed by atoms with E-state index in [2.05, 4.69) is 0 Å². The van der Waals surface area contributed by atoms with Gasteiger partial charge in [0.25, 0.3) is 0 Å². The van der Waals surface area contributed by atoms with E-state index in [-0.39, 0.29) is 43.1 Å². The highest BCUT2D eigenvalue weighted by molar-refractivity contribution is 5.99. The first kappa shape index (κ1) is 36.5. The SMILES string of the molecule is CC1=C(O[C@@H]2O[C@H](CO)[C@@H](O)[C@H](O)[C@H]2O)C(=O)C[C@@H]2C1=CC[C@@H]1[C@@]2(C)C(=O)C[C@]2(C)[C@@H]([C@@](C)(O)[C@H](O)CCC(C)(C)O)[C@H](O)C[C@@]12C. The van der Waals surface area contributed by atoms with Gasteiger partial charge in [-0.1, -0.05) is 26.8 Å². The zero-order chi connectivity index (χ0) is 35.2. The van der Waals surface area contributed by atoms with Crippen molar-refractivity contribution < 1.29 is 59.9 Å². The zero-order valence-corrected chi connectivity index (χ0v) is 28.5. The van der Waals surface area contributed by atoms with E-state index < -0.39 is 94.6 Å². The van der Waals surface area contributed by atoms with Crippen LogP contribution >= 0.6 is 0 Å². The summed E-state index contributed by atoms with van der Waals surface area (Å²) in [5, 5.41) is 85.4. The number of aliphatic hydroxyl groups is 8. The Kier molecular flexibility index (Phi) is 9.29. The molecule has 0 amide bonds. The van der Waals surface area contributed by atoms with Crippen molar-refractivity contribution in [3.05, 3.63) is 23.0 Å². The van der Waals surface area contributed by atoms with Crippen LogP contribution in [-0.4, -0.2) is 113 Å². The molecule has 0 radical (unpaired) electrons. The Morgan fingerprint density at radius 2 is 1.66 bits per heavy atom. The van der Waals surface area contributed by atoms with Crippen LogP contribution in [0, 0.1) is 34.0 Å². The number of carbonyl (C=O) groups is 2. The first-order chi connectivity index (χ1) is 21.6. The smallest absolute Gasteiger partial charge is 0.229 e. The summed E-state index contributed by atoms with van der Waals surface area (Å²) in [4.78, 5) is 28.3. The normalized spacial score (nSPS) is 45.9. The number of hydrogen-bond donors (Lipinski definition) is 8. The second-order valence-corrected chi connectivity index (χ2v) is 16.5. The van der Waals surface area contributed by atoms with Gasteiger partial charge >= 0.3 is 0 Å². The van der Waals surface area contributed by atoms with E-state index in [0.717, 1.165) is 5.57 Å². The maximum absolute atomic E-state index is 14.5. The Balaban J connectivity index is 1.47. The van der Waals surface area contributed by atoms with Gasteiger partial charge in [0.1, 0.15) is 30.2 Å². The van der Waals surface area contributed by atoms with Crippen LogP contribution in [0.2, 0.25) is 0 Å². The van der Waals surface area contributed by atoms with E-state index in [0.29, 0.717) is 18.4 Å². The Labute approximate surface area is 276 Å². The quantitative estimate of drug-likeness (QED) is 0.179. The molecule has 266 valence electrons. The maximum Gasteiger partial charge on any atom is 0.229 e.